The van der Waals surface area contributed by atoms with Crippen LogP contribution in [0, 0.1) is 5.92 Å². The summed E-state index contributed by atoms with van der Waals surface area (Å²) in [7, 11) is 0. The summed E-state index contributed by atoms with van der Waals surface area (Å²) in [6.07, 6.45) is 7.16. The van der Waals surface area contributed by atoms with Gasteiger partial charge in [0.2, 0.25) is 0 Å². The van der Waals surface area contributed by atoms with E-state index in [1.807, 2.05) is 0 Å². The molecule has 0 atom stereocenters. The van der Waals surface area contributed by atoms with Crippen LogP contribution in [0.3, 0.4) is 0 Å². The van der Waals surface area contributed by atoms with Crippen LogP contribution in [0.25, 0.3) is 0 Å². The molecule has 0 aromatic heterocycles. The number of ether oxygens (including phenoxy) is 1. The van der Waals surface area contributed by atoms with Crippen molar-refractivity contribution in [2.75, 3.05) is 19.7 Å². The minimum Gasteiger partial charge on any atom is -0.465 e. The molecule has 1 rings (SSSR count). The van der Waals surface area contributed by atoms with Crippen molar-refractivity contribution in [2.45, 2.75) is 65.3 Å². The Balaban J connectivity index is 2.37. The smallest absolute Gasteiger partial charge is 0.320 e. The highest BCUT2D eigenvalue weighted by atomic mass is 16.5. The van der Waals surface area contributed by atoms with E-state index in [-0.39, 0.29) is 5.97 Å². The molecule has 0 N–H and O–H groups in total. The molecule has 0 saturated heterocycles. The van der Waals surface area contributed by atoms with Gasteiger partial charge in [0.15, 0.2) is 0 Å². The molecular formula is C15H29NO2. The summed E-state index contributed by atoms with van der Waals surface area (Å²) in [5, 5.41) is 0. The van der Waals surface area contributed by atoms with E-state index in [9.17, 15) is 4.79 Å². The molecule has 1 fully saturated rings. The van der Waals surface area contributed by atoms with Crippen molar-refractivity contribution in [2.24, 2.45) is 5.92 Å². The Morgan fingerprint density at radius 1 is 1.33 bits per heavy atom. The van der Waals surface area contributed by atoms with E-state index in [1.54, 1.807) is 0 Å². The molecule has 0 aromatic carbocycles. The number of esters is 1. The molecule has 0 aromatic rings. The molecule has 0 heterocycles. The summed E-state index contributed by atoms with van der Waals surface area (Å²) < 4.78 is 5.27. The summed E-state index contributed by atoms with van der Waals surface area (Å²) in [6.45, 7) is 8.60. The van der Waals surface area contributed by atoms with E-state index in [0.717, 1.165) is 19.4 Å². The molecule has 0 unspecified atom stereocenters. The number of unbranched alkanes of at least 4 members (excludes halogenated alkanes) is 1. The SMILES string of the molecule is CCCCOC(=O)CN(CC(C)C)C1CCCC1. The third kappa shape index (κ3) is 5.85. The van der Waals surface area contributed by atoms with Crippen molar-refractivity contribution in [3.8, 4) is 0 Å². The average Bonchev–Trinajstić information content (AvgIpc) is 2.81. The molecule has 18 heavy (non-hydrogen) atoms. The van der Waals surface area contributed by atoms with Crippen LogP contribution < -0.4 is 0 Å². The fourth-order valence-corrected chi connectivity index (χ4v) is 2.62. The quantitative estimate of drug-likeness (QED) is 0.492. The predicted molar refractivity (Wildman–Crippen MR) is 74.5 cm³/mol. The van der Waals surface area contributed by atoms with Gasteiger partial charge in [0.1, 0.15) is 0 Å². The van der Waals surface area contributed by atoms with Gasteiger partial charge in [0.25, 0.3) is 0 Å². The highest BCUT2D eigenvalue weighted by molar-refractivity contribution is 5.71. The summed E-state index contributed by atoms with van der Waals surface area (Å²) in [4.78, 5) is 14.1. The Bertz CT molecular complexity index is 235. The van der Waals surface area contributed by atoms with E-state index >= 15 is 0 Å². The Morgan fingerprint density at radius 3 is 2.56 bits per heavy atom. The van der Waals surface area contributed by atoms with Gasteiger partial charge in [-0.25, -0.2) is 0 Å². The van der Waals surface area contributed by atoms with Gasteiger partial charge in [0, 0.05) is 12.6 Å². The van der Waals surface area contributed by atoms with Crippen LogP contribution in [0.5, 0.6) is 0 Å². The number of hydrogen-bond donors (Lipinski definition) is 0. The molecule has 1 aliphatic rings. The van der Waals surface area contributed by atoms with Crippen LogP contribution in [0.2, 0.25) is 0 Å². The first kappa shape index (κ1) is 15.5. The minimum atomic E-state index is -0.0454. The maximum absolute atomic E-state index is 11.8. The lowest BCUT2D eigenvalue weighted by atomic mass is 10.1. The van der Waals surface area contributed by atoms with Crippen LogP contribution in [0.15, 0.2) is 0 Å². The molecular weight excluding hydrogens is 226 g/mol. The maximum Gasteiger partial charge on any atom is 0.320 e. The average molecular weight is 255 g/mol. The lowest BCUT2D eigenvalue weighted by molar-refractivity contribution is -0.145. The summed E-state index contributed by atoms with van der Waals surface area (Å²) in [6, 6.07) is 0.603. The van der Waals surface area contributed by atoms with Gasteiger partial charge in [-0.05, 0) is 25.2 Å². The standard InChI is InChI=1S/C15H29NO2/c1-4-5-10-18-15(17)12-16(11-13(2)3)14-8-6-7-9-14/h13-14H,4-12H2,1-3H3. The van der Waals surface area contributed by atoms with E-state index < -0.39 is 0 Å². The van der Waals surface area contributed by atoms with Gasteiger partial charge in [-0.15, -0.1) is 0 Å². The molecule has 1 aliphatic carbocycles. The molecule has 0 amide bonds. The van der Waals surface area contributed by atoms with Crippen molar-refractivity contribution in [1.29, 1.82) is 0 Å². The first-order valence-electron chi connectivity index (χ1n) is 7.53. The van der Waals surface area contributed by atoms with Crippen molar-refractivity contribution in [3.05, 3.63) is 0 Å². The van der Waals surface area contributed by atoms with E-state index in [4.69, 9.17) is 4.74 Å². The van der Waals surface area contributed by atoms with Crippen molar-refractivity contribution in [1.82, 2.24) is 4.90 Å². The normalized spacial score (nSPS) is 16.7. The molecule has 0 radical (unpaired) electrons. The first-order chi connectivity index (χ1) is 8.63. The molecule has 0 spiro atoms. The fourth-order valence-electron chi connectivity index (χ4n) is 2.62. The lowest BCUT2D eigenvalue weighted by Crippen LogP contribution is -2.40. The highest BCUT2D eigenvalue weighted by Crippen LogP contribution is 2.24. The minimum absolute atomic E-state index is 0.0454. The predicted octanol–water partition coefficient (Wildman–Crippen LogP) is 3.23. The summed E-state index contributed by atoms with van der Waals surface area (Å²) in [5.74, 6) is 0.560. The van der Waals surface area contributed by atoms with Gasteiger partial charge in [0.05, 0.1) is 13.2 Å². The first-order valence-corrected chi connectivity index (χ1v) is 7.53. The second-order valence-corrected chi connectivity index (χ2v) is 5.84. The Morgan fingerprint density at radius 2 is 2.00 bits per heavy atom. The topological polar surface area (TPSA) is 29.5 Å². The molecule has 106 valence electrons. The van der Waals surface area contributed by atoms with Crippen LogP contribution in [-0.4, -0.2) is 36.6 Å². The second-order valence-electron chi connectivity index (χ2n) is 5.84. The zero-order valence-electron chi connectivity index (χ0n) is 12.3. The Labute approximate surface area is 112 Å². The Hall–Kier alpha value is -0.570. The van der Waals surface area contributed by atoms with Crippen molar-refractivity contribution >= 4 is 5.97 Å². The third-order valence-corrected chi connectivity index (χ3v) is 3.53. The zero-order chi connectivity index (χ0) is 13.4. The van der Waals surface area contributed by atoms with Crippen LogP contribution >= 0.6 is 0 Å². The van der Waals surface area contributed by atoms with Crippen LogP contribution in [-0.2, 0) is 9.53 Å². The van der Waals surface area contributed by atoms with Crippen molar-refractivity contribution < 1.29 is 9.53 Å². The van der Waals surface area contributed by atoms with Gasteiger partial charge in [-0.3, -0.25) is 9.69 Å². The number of hydrogen-bond acceptors (Lipinski definition) is 3. The third-order valence-electron chi connectivity index (χ3n) is 3.53. The van der Waals surface area contributed by atoms with E-state index in [2.05, 4.69) is 25.7 Å². The maximum atomic E-state index is 11.8. The monoisotopic (exact) mass is 255 g/mol. The molecule has 3 nitrogen and oxygen atoms in total. The van der Waals surface area contributed by atoms with E-state index in [1.165, 1.54) is 25.7 Å². The largest absolute Gasteiger partial charge is 0.465 e. The molecule has 0 bridgehead atoms. The van der Waals surface area contributed by atoms with Gasteiger partial charge >= 0.3 is 5.97 Å². The number of carbonyl (C=O) groups is 1. The fraction of sp³-hybridized carbons (Fsp3) is 0.933. The number of carbonyl (C=O) groups excluding carboxylic acids is 1. The molecule has 3 heteroatoms. The van der Waals surface area contributed by atoms with Gasteiger partial charge < -0.3 is 4.74 Å². The number of nitrogens with zero attached hydrogens (tertiary/aromatic N) is 1. The summed E-state index contributed by atoms with van der Waals surface area (Å²) >= 11 is 0. The molecule has 1 saturated carbocycles. The highest BCUT2D eigenvalue weighted by Gasteiger charge is 2.25. The Kier molecular flexibility index (Phi) is 7.33. The zero-order valence-corrected chi connectivity index (χ0v) is 12.3. The second kappa shape index (κ2) is 8.52. The van der Waals surface area contributed by atoms with E-state index in [0.29, 0.717) is 25.1 Å². The van der Waals surface area contributed by atoms with Crippen LogP contribution in [0.1, 0.15) is 59.3 Å². The van der Waals surface area contributed by atoms with Gasteiger partial charge in [-0.2, -0.15) is 0 Å². The number of rotatable bonds is 8. The van der Waals surface area contributed by atoms with Crippen molar-refractivity contribution in [3.63, 3.8) is 0 Å². The van der Waals surface area contributed by atoms with Gasteiger partial charge in [-0.1, -0.05) is 40.0 Å². The van der Waals surface area contributed by atoms with Crippen LogP contribution in [0.4, 0.5) is 0 Å². The lowest BCUT2D eigenvalue weighted by Gasteiger charge is -2.29. The summed E-state index contributed by atoms with van der Waals surface area (Å²) in [5.41, 5.74) is 0. The molecule has 0 aliphatic heterocycles.